The first kappa shape index (κ1) is 14.9. The van der Waals surface area contributed by atoms with Gasteiger partial charge in [0.1, 0.15) is 5.75 Å². The Morgan fingerprint density at radius 2 is 1.90 bits per heavy atom. The number of ether oxygens (including phenoxy) is 1. The van der Waals surface area contributed by atoms with Gasteiger partial charge in [-0.3, -0.25) is 0 Å². The van der Waals surface area contributed by atoms with Crippen LogP contribution in [0, 0.1) is 17.8 Å². The lowest BCUT2D eigenvalue weighted by molar-refractivity contribution is 0.0989. The highest BCUT2D eigenvalue weighted by atomic mass is 16.5. The summed E-state index contributed by atoms with van der Waals surface area (Å²) < 4.78 is 5.22. The average Bonchev–Trinajstić information content (AvgIpc) is 2.55. The Hall–Kier alpha value is -1.06. The maximum Gasteiger partial charge on any atom is 0.118 e. The highest BCUT2D eigenvalue weighted by Crippen LogP contribution is 2.37. The van der Waals surface area contributed by atoms with Crippen molar-refractivity contribution in [2.45, 2.75) is 38.1 Å². The smallest absolute Gasteiger partial charge is 0.118 e. The Balaban J connectivity index is 1.57. The minimum absolute atomic E-state index is 0.333. The van der Waals surface area contributed by atoms with Crippen LogP contribution in [0.2, 0.25) is 0 Å². The van der Waals surface area contributed by atoms with E-state index in [-0.39, 0.29) is 0 Å². The van der Waals surface area contributed by atoms with E-state index in [4.69, 9.17) is 4.74 Å². The first-order valence-corrected chi connectivity index (χ1v) is 8.25. The second-order valence-electron chi connectivity index (χ2n) is 6.79. The Kier molecular flexibility index (Phi) is 4.81. The molecule has 0 aromatic heterocycles. The van der Waals surface area contributed by atoms with E-state index in [0.29, 0.717) is 18.6 Å². The fourth-order valence-electron chi connectivity index (χ4n) is 4.14. The predicted molar refractivity (Wildman–Crippen MR) is 84.5 cm³/mol. The molecule has 3 rings (SSSR count). The highest BCUT2D eigenvalue weighted by Gasteiger charge is 2.35. The summed E-state index contributed by atoms with van der Waals surface area (Å²) in [6, 6.07) is 9.21. The lowest BCUT2D eigenvalue weighted by Gasteiger charge is -2.42. The zero-order valence-electron chi connectivity index (χ0n) is 12.9. The Labute approximate surface area is 127 Å². The van der Waals surface area contributed by atoms with Crippen LogP contribution in [0.25, 0.3) is 0 Å². The minimum atomic E-state index is 0.333. The monoisotopic (exact) mass is 289 g/mol. The molecule has 1 aromatic carbocycles. The van der Waals surface area contributed by atoms with Gasteiger partial charge < -0.3 is 15.2 Å². The number of nitrogens with one attached hydrogen (secondary N) is 1. The summed E-state index contributed by atoms with van der Waals surface area (Å²) >= 11 is 0. The number of aliphatic hydroxyl groups excluding tert-OH is 1. The van der Waals surface area contributed by atoms with Crippen molar-refractivity contribution in [1.29, 1.82) is 0 Å². The molecule has 0 spiro atoms. The Bertz CT molecular complexity index is 445. The number of hydrogen-bond donors (Lipinski definition) is 2. The van der Waals surface area contributed by atoms with E-state index in [9.17, 15) is 5.11 Å². The standard InChI is InChI=1S/C18H27NO2/c1-21-17-5-2-13(3-6-17)8-14-4-7-18-16(9-14)10-15(12-20)11-19-18/h2-3,5-6,14-16,18-20H,4,7-12H2,1H3/t14-,15-,16-,18+/m0/s1. The molecule has 116 valence electrons. The first-order chi connectivity index (χ1) is 10.3. The molecule has 0 amide bonds. The summed E-state index contributed by atoms with van der Waals surface area (Å²) in [6.07, 6.45) is 6.30. The minimum Gasteiger partial charge on any atom is -0.497 e. The molecule has 3 nitrogen and oxygen atoms in total. The second kappa shape index (κ2) is 6.80. The molecule has 2 fully saturated rings. The average molecular weight is 289 g/mol. The molecule has 21 heavy (non-hydrogen) atoms. The number of fused-ring (bicyclic) bond motifs is 1. The summed E-state index contributed by atoms with van der Waals surface area (Å²) in [5, 5.41) is 13.0. The van der Waals surface area contributed by atoms with Gasteiger partial charge >= 0.3 is 0 Å². The van der Waals surface area contributed by atoms with Crippen molar-refractivity contribution in [1.82, 2.24) is 5.32 Å². The summed E-state index contributed by atoms with van der Waals surface area (Å²) in [4.78, 5) is 0. The van der Waals surface area contributed by atoms with Gasteiger partial charge in [-0.15, -0.1) is 0 Å². The van der Waals surface area contributed by atoms with Crippen molar-refractivity contribution < 1.29 is 9.84 Å². The second-order valence-corrected chi connectivity index (χ2v) is 6.79. The van der Waals surface area contributed by atoms with Crippen LogP contribution in [0.5, 0.6) is 5.75 Å². The van der Waals surface area contributed by atoms with Gasteiger partial charge in [0, 0.05) is 19.2 Å². The third-order valence-electron chi connectivity index (χ3n) is 5.34. The van der Waals surface area contributed by atoms with Crippen LogP contribution >= 0.6 is 0 Å². The van der Waals surface area contributed by atoms with Gasteiger partial charge in [-0.1, -0.05) is 12.1 Å². The largest absolute Gasteiger partial charge is 0.497 e. The van der Waals surface area contributed by atoms with Crippen LogP contribution in [0.4, 0.5) is 0 Å². The van der Waals surface area contributed by atoms with E-state index >= 15 is 0 Å². The molecule has 1 saturated heterocycles. The normalized spacial score (nSPS) is 32.5. The van der Waals surface area contributed by atoms with Crippen LogP contribution in [-0.4, -0.2) is 31.4 Å². The SMILES string of the molecule is COc1ccc(C[C@@H]2CC[C@H]3NC[C@@H](CO)C[C@@H]3C2)cc1. The number of hydrogen-bond acceptors (Lipinski definition) is 3. The Morgan fingerprint density at radius 3 is 2.62 bits per heavy atom. The van der Waals surface area contributed by atoms with Gasteiger partial charge in [0.05, 0.1) is 7.11 Å². The van der Waals surface area contributed by atoms with E-state index < -0.39 is 0 Å². The molecule has 1 heterocycles. The zero-order valence-corrected chi connectivity index (χ0v) is 12.9. The van der Waals surface area contributed by atoms with E-state index in [1.165, 1.54) is 37.7 Å². The summed E-state index contributed by atoms with van der Waals surface area (Å²) in [7, 11) is 1.71. The molecule has 0 bridgehead atoms. The molecule has 1 saturated carbocycles. The van der Waals surface area contributed by atoms with Crippen molar-refractivity contribution in [3.8, 4) is 5.75 Å². The van der Waals surface area contributed by atoms with Crippen molar-refractivity contribution >= 4 is 0 Å². The molecule has 3 heteroatoms. The van der Waals surface area contributed by atoms with Crippen molar-refractivity contribution in [2.24, 2.45) is 17.8 Å². The van der Waals surface area contributed by atoms with Crippen LogP contribution < -0.4 is 10.1 Å². The van der Waals surface area contributed by atoms with E-state index in [2.05, 4.69) is 29.6 Å². The third-order valence-corrected chi connectivity index (χ3v) is 5.34. The van der Waals surface area contributed by atoms with Gasteiger partial charge in [-0.2, -0.15) is 0 Å². The molecule has 0 unspecified atom stereocenters. The maximum absolute atomic E-state index is 9.38. The van der Waals surface area contributed by atoms with E-state index in [1.807, 2.05) is 0 Å². The number of rotatable bonds is 4. The number of methoxy groups -OCH3 is 1. The molecule has 2 aliphatic rings. The number of piperidine rings is 1. The molecule has 1 aliphatic carbocycles. The molecule has 1 aromatic rings. The zero-order chi connectivity index (χ0) is 14.7. The van der Waals surface area contributed by atoms with E-state index in [1.54, 1.807) is 7.11 Å². The third kappa shape index (κ3) is 3.58. The van der Waals surface area contributed by atoms with Crippen molar-refractivity contribution in [3.63, 3.8) is 0 Å². The molecule has 4 atom stereocenters. The quantitative estimate of drug-likeness (QED) is 0.895. The van der Waals surface area contributed by atoms with Gasteiger partial charge in [0.25, 0.3) is 0 Å². The highest BCUT2D eigenvalue weighted by molar-refractivity contribution is 5.27. The Morgan fingerprint density at radius 1 is 1.14 bits per heavy atom. The lowest BCUT2D eigenvalue weighted by atomic mass is 9.71. The van der Waals surface area contributed by atoms with Crippen molar-refractivity contribution in [2.75, 3.05) is 20.3 Å². The molecular formula is C18H27NO2. The fourth-order valence-corrected chi connectivity index (χ4v) is 4.14. The van der Waals surface area contributed by atoms with Crippen molar-refractivity contribution in [3.05, 3.63) is 29.8 Å². The fraction of sp³-hybridized carbons (Fsp3) is 0.667. The molecule has 0 radical (unpaired) electrons. The van der Waals surface area contributed by atoms with Crippen LogP contribution in [-0.2, 0) is 6.42 Å². The summed E-state index contributed by atoms with van der Waals surface area (Å²) in [6.45, 7) is 1.33. The predicted octanol–water partition coefficient (Wildman–Crippen LogP) is 2.62. The van der Waals surface area contributed by atoms with Crippen LogP contribution in [0.15, 0.2) is 24.3 Å². The topological polar surface area (TPSA) is 41.5 Å². The van der Waals surface area contributed by atoms with Gasteiger partial charge in [-0.25, -0.2) is 0 Å². The van der Waals surface area contributed by atoms with Gasteiger partial charge in [-0.05, 0) is 67.6 Å². The first-order valence-electron chi connectivity index (χ1n) is 8.25. The molecular weight excluding hydrogens is 262 g/mol. The van der Waals surface area contributed by atoms with Crippen LogP contribution in [0.3, 0.4) is 0 Å². The molecule has 2 N–H and O–H groups in total. The van der Waals surface area contributed by atoms with Crippen LogP contribution in [0.1, 0.15) is 31.2 Å². The number of aliphatic hydroxyl groups is 1. The molecule has 1 aliphatic heterocycles. The van der Waals surface area contributed by atoms with Gasteiger partial charge in [0.2, 0.25) is 0 Å². The lowest BCUT2D eigenvalue weighted by Crippen LogP contribution is -2.49. The number of benzene rings is 1. The van der Waals surface area contributed by atoms with E-state index in [0.717, 1.165) is 24.1 Å². The van der Waals surface area contributed by atoms with Gasteiger partial charge in [0.15, 0.2) is 0 Å². The maximum atomic E-state index is 9.38. The summed E-state index contributed by atoms with van der Waals surface area (Å²) in [5.41, 5.74) is 1.42. The summed E-state index contributed by atoms with van der Waals surface area (Å²) in [5.74, 6) is 2.95.